The lowest BCUT2D eigenvalue weighted by Crippen LogP contribution is -2.45. The molecule has 0 radical (unpaired) electrons. The summed E-state index contributed by atoms with van der Waals surface area (Å²) in [5, 5.41) is 18.0. The van der Waals surface area contributed by atoms with Gasteiger partial charge in [0, 0.05) is 36.3 Å². The Hall–Kier alpha value is -2.29. The highest BCUT2D eigenvalue weighted by molar-refractivity contribution is 7.80. The maximum Gasteiger partial charge on any atom is 0.287 e. The van der Waals surface area contributed by atoms with Gasteiger partial charge in [0.05, 0.1) is 4.92 Å². The molecule has 0 unspecified atom stereocenters. The van der Waals surface area contributed by atoms with Crippen LogP contribution in [0.25, 0.3) is 0 Å². The second-order valence-electron chi connectivity index (χ2n) is 6.37. The highest BCUT2D eigenvalue weighted by Crippen LogP contribution is 2.34. The van der Waals surface area contributed by atoms with Gasteiger partial charge in [-0.1, -0.05) is 23.7 Å². The van der Waals surface area contributed by atoms with Crippen molar-refractivity contribution in [3.05, 3.63) is 63.3 Å². The molecule has 2 N–H and O–H groups in total. The van der Waals surface area contributed by atoms with Crippen molar-refractivity contribution in [2.24, 2.45) is 0 Å². The summed E-state index contributed by atoms with van der Waals surface area (Å²) in [7, 11) is 0. The minimum absolute atomic E-state index is 0.0664. The summed E-state index contributed by atoms with van der Waals surface area (Å²) in [5.41, 5.74) is 1.03. The van der Waals surface area contributed by atoms with Gasteiger partial charge in [-0.2, -0.15) is 0 Å². The first kappa shape index (κ1) is 19.5. The molecule has 1 aromatic heterocycles. The zero-order valence-corrected chi connectivity index (χ0v) is 16.1. The number of halogens is 1. The molecule has 2 heterocycles. The van der Waals surface area contributed by atoms with Gasteiger partial charge in [-0.15, -0.1) is 0 Å². The first-order valence-electron chi connectivity index (χ1n) is 8.48. The van der Waals surface area contributed by atoms with E-state index in [-0.39, 0.29) is 11.1 Å². The Balaban J connectivity index is 1.65. The molecule has 27 heavy (non-hydrogen) atoms. The fourth-order valence-electron chi connectivity index (χ4n) is 3.11. The minimum Gasteiger partial charge on any atom is -0.381 e. The molecule has 1 aromatic carbocycles. The number of hydrogen-bond acceptors (Lipinski definition) is 5. The van der Waals surface area contributed by atoms with Crippen LogP contribution in [-0.4, -0.2) is 34.8 Å². The largest absolute Gasteiger partial charge is 0.381 e. The molecule has 9 heteroatoms. The Morgan fingerprint density at radius 2 is 1.96 bits per heavy atom. The van der Waals surface area contributed by atoms with Crippen molar-refractivity contribution in [1.29, 1.82) is 0 Å². The van der Waals surface area contributed by atoms with E-state index in [0.717, 1.165) is 12.8 Å². The normalized spacial score (nSPS) is 15.7. The third kappa shape index (κ3) is 4.91. The van der Waals surface area contributed by atoms with Crippen LogP contribution in [0, 0.1) is 10.1 Å². The summed E-state index contributed by atoms with van der Waals surface area (Å²) < 4.78 is 5.54. The van der Waals surface area contributed by atoms with E-state index in [0.29, 0.717) is 35.7 Å². The van der Waals surface area contributed by atoms with Crippen LogP contribution in [0.4, 0.5) is 11.5 Å². The summed E-state index contributed by atoms with van der Waals surface area (Å²) in [6.45, 7) is 2.01. The van der Waals surface area contributed by atoms with Gasteiger partial charge in [0.25, 0.3) is 5.69 Å². The topological polar surface area (TPSA) is 89.3 Å². The van der Waals surface area contributed by atoms with Crippen LogP contribution in [0.1, 0.15) is 18.4 Å². The van der Waals surface area contributed by atoms with Gasteiger partial charge in [0.2, 0.25) is 0 Å². The quantitative estimate of drug-likeness (QED) is 0.444. The second-order valence-corrected chi connectivity index (χ2v) is 7.21. The van der Waals surface area contributed by atoms with Crippen LogP contribution in [0.2, 0.25) is 5.02 Å². The Labute approximate surface area is 167 Å². The lowest BCUT2D eigenvalue weighted by Gasteiger charge is -2.38. The maximum atomic E-state index is 10.7. The van der Waals surface area contributed by atoms with Gasteiger partial charge in [-0.25, -0.2) is 4.98 Å². The van der Waals surface area contributed by atoms with Crippen molar-refractivity contribution in [3.63, 3.8) is 0 Å². The smallest absolute Gasteiger partial charge is 0.287 e. The summed E-state index contributed by atoms with van der Waals surface area (Å²) in [5.74, 6) is 0.450. The van der Waals surface area contributed by atoms with Crippen molar-refractivity contribution in [1.82, 2.24) is 10.3 Å². The zero-order chi connectivity index (χ0) is 19.3. The number of anilines is 1. The van der Waals surface area contributed by atoms with Crippen LogP contribution in [-0.2, 0) is 10.2 Å². The second kappa shape index (κ2) is 8.60. The van der Waals surface area contributed by atoms with Crippen molar-refractivity contribution >= 4 is 40.4 Å². The third-order valence-corrected chi connectivity index (χ3v) is 5.19. The van der Waals surface area contributed by atoms with E-state index < -0.39 is 4.92 Å². The van der Waals surface area contributed by atoms with E-state index in [2.05, 4.69) is 15.6 Å². The molecule has 0 amide bonds. The monoisotopic (exact) mass is 406 g/mol. The molecule has 1 aliphatic heterocycles. The van der Waals surface area contributed by atoms with E-state index in [4.69, 9.17) is 28.6 Å². The number of benzene rings is 1. The number of thiocarbonyl (C=S) groups is 1. The van der Waals surface area contributed by atoms with Crippen LogP contribution < -0.4 is 10.6 Å². The van der Waals surface area contributed by atoms with E-state index in [9.17, 15) is 10.1 Å². The van der Waals surface area contributed by atoms with E-state index >= 15 is 0 Å². The van der Waals surface area contributed by atoms with Gasteiger partial charge >= 0.3 is 0 Å². The van der Waals surface area contributed by atoms with E-state index in [1.807, 2.05) is 24.3 Å². The minimum atomic E-state index is -0.492. The molecule has 1 aliphatic rings. The lowest BCUT2D eigenvalue weighted by molar-refractivity contribution is -0.385. The van der Waals surface area contributed by atoms with Crippen LogP contribution in [0.5, 0.6) is 0 Å². The van der Waals surface area contributed by atoms with Gasteiger partial charge in [0.1, 0.15) is 12.0 Å². The highest BCUT2D eigenvalue weighted by atomic mass is 35.5. The van der Waals surface area contributed by atoms with E-state index in [1.165, 1.54) is 23.9 Å². The van der Waals surface area contributed by atoms with Crippen LogP contribution in [0.15, 0.2) is 42.6 Å². The molecule has 0 aliphatic carbocycles. The number of nitrogens with one attached hydrogen (secondary N) is 2. The summed E-state index contributed by atoms with van der Waals surface area (Å²) >= 11 is 11.4. The first-order valence-corrected chi connectivity index (χ1v) is 9.26. The molecule has 1 fully saturated rings. The number of aromatic nitrogens is 1. The number of hydrogen-bond donors (Lipinski definition) is 2. The van der Waals surface area contributed by atoms with E-state index in [1.54, 1.807) is 0 Å². The Morgan fingerprint density at radius 1 is 1.26 bits per heavy atom. The average molecular weight is 407 g/mol. The molecule has 0 atom stereocenters. The Morgan fingerprint density at radius 3 is 2.56 bits per heavy atom. The molecule has 1 saturated heterocycles. The predicted molar refractivity (Wildman–Crippen MR) is 108 cm³/mol. The summed E-state index contributed by atoms with van der Waals surface area (Å²) in [6, 6.07) is 10.8. The van der Waals surface area contributed by atoms with Crippen molar-refractivity contribution < 1.29 is 9.66 Å². The van der Waals surface area contributed by atoms with Gasteiger partial charge in [-0.3, -0.25) is 10.1 Å². The number of nitro groups is 1. The summed E-state index contributed by atoms with van der Waals surface area (Å²) in [4.78, 5) is 14.2. The maximum absolute atomic E-state index is 10.7. The first-order chi connectivity index (χ1) is 13.0. The fraction of sp³-hybridized carbons (Fsp3) is 0.333. The number of nitrogens with zero attached hydrogens (tertiary/aromatic N) is 2. The molecular weight excluding hydrogens is 388 g/mol. The Bertz CT molecular complexity index is 808. The molecule has 0 spiro atoms. The van der Waals surface area contributed by atoms with Crippen molar-refractivity contribution in [2.45, 2.75) is 18.3 Å². The molecule has 3 rings (SSSR count). The summed E-state index contributed by atoms with van der Waals surface area (Å²) in [6.07, 6.45) is 2.94. The molecule has 2 aromatic rings. The van der Waals surface area contributed by atoms with Gasteiger partial charge in [-0.05, 0) is 48.8 Å². The molecule has 7 nitrogen and oxygen atoms in total. The Kier molecular flexibility index (Phi) is 6.20. The zero-order valence-electron chi connectivity index (χ0n) is 14.5. The number of rotatable bonds is 5. The molecular formula is C18H19ClN4O3S. The van der Waals surface area contributed by atoms with Crippen molar-refractivity contribution in [2.75, 3.05) is 25.1 Å². The fourth-order valence-corrected chi connectivity index (χ4v) is 3.41. The standard InChI is InChI=1S/C18H19ClN4O3S/c19-14-3-1-13(2-4-14)18(7-9-26-10-8-18)12-21-17(27)22-16-6-5-15(11-20-16)23(24)25/h1-6,11H,7-10,12H2,(H2,20,21,22,27). The van der Waals surface area contributed by atoms with Gasteiger partial charge < -0.3 is 15.4 Å². The SMILES string of the molecule is O=[N+]([O-])c1ccc(NC(=S)NCC2(c3ccc(Cl)cc3)CCOCC2)nc1. The lowest BCUT2D eigenvalue weighted by atomic mass is 9.74. The van der Waals surface area contributed by atoms with Gasteiger partial charge in [0.15, 0.2) is 5.11 Å². The predicted octanol–water partition coefficient (Wildman–Crippen LogP) is 3.68. The molecule has 0 saturated carbocycles. The molecule has 0 bridgehead atoms. The highest BCUT2D eigenvalue weighted by Gasteiger charge is 2.34. The third-order valence-electron chi connectivity index (χ3n) is 4.69. The van der Waals surface area contributed by atoms with Crippen LogP contribution in [0.3, 0.4) is 0 Å². The number of pyridine rings is 1. The van der Waals surface area contributed by atoms with Crippen molar-refractivity contribution in [3.8, 4) is 0 Å². The number of ether oxygens (including phenoxy) is 1. The molecule has 142 valence electrons. The average Bonchev–Trinajstić information content (AvgIpc) is 2.68. The van der Waals surface area contributed by atoms with Crippen LogP contribution >= 0.6 is 23.8 Å².